The van der Waals surface area contributed by atoms with E-state index in [2.05, 4.69) is 15.3 Å². The minimum absolute atomic E-state index is 0.0539. The van der Waals surface area contributed by atoms with Crippen LogP contribution in [-0.2, 0) is 9.59 Å². The van der Waals surface area contributed by atoms with E-state index in [1.807, 2.05) is 62.4 Å². The molecule has 0 bridgehead atoms. The second-order valence-electron chi connectivity index (χ2n) is 6.76. The number of aromatic nitrogens is 2. The third-order valence-corrected chi connectivity index (χ3v) is 5.62. The highest BCUT2D eigenvalue weighted by atomic mass is 32.2. The number of thioether (sulfide) groups is 1. The van der Waals surface area contributed by atoms with Crippen LogP contribution in [0.2, 0.25) is 0 Å². The molecule has 1 unspecified atom stereocenters. The fourth-order valence-electron chi connectivity index (χ4n) is 3.44. The van der Waals surface area contributed by atoms with Gasteiger partial charge in [-0.2, -0.15) is 0 Å². The van der Waals surface area contributed by atoms with Crippen LogP contribution in [0.3, 0.4) is 0 Å². The number of amides is 2. The molecule has 1 aliphatic rings. The Bertz CT molecular complexity index is 1070. The van der Waals surface area contributed by atoms with E-state index in [9.17, 15) is 9.59 Å². The number of hydrogen-bond donors (Lipinski definition) is 1. The van der Waals surface area contributed by atoms with Crippen LogP contribution in [0, 0.1) is 6.92 Å². The average Bonchev–Trinajstić information content (AvgIpc) is 2.80. The van der Waals surface area contributed by atoms with Crippen LogP contribution in [0.15, 0.2) is 53.6 Å². The first-order chi connectivity index (χ1) is 13.5. The molecular weight excluding hydrogens is 372 g/mol. The number of benzene rings is 2. The van der Waals surface area contributed by atoms with Gasteiger partial charge in [-0.3, -0.25) is 9.59 Å². The summed E-state index contributed by atoms with van der Waals surface area (Å²) in [5.41, 5.74) is 2.27. The molecule has 142 valence electrons. The number of hydrogen-bond acceptors (Lipinski definition) is 5. The van der Waals surface area contributed by atoms with Gasteiger partial charge in [0.1, 0.15) is 10.9 Å². The van der Waals surface area contributed by atoms with Crippen molar-refractivity contribution in [2.45, 2.75) is 31.3 Å². The molecule has 7 heteroatoms. The van der Waals surface area contributed by atoms with Gasteiger partial charge in [0, 0.05) is 17.8 Å². The third kappa shape index (κ3) is 3.57. The molecule has 1 atom stereocenters. The molecule has 4 rings (SSSR count). The molecule has 2 aromatic carbocycles. The van der Waals surface area contributed by atoms with Crippen LogP contribution in [0.25, 0.3) is 10.9 Å². The molecule has 2 heterocycles. The van der Waals surface area contributed by atoms with Gasteiger partial charge in [-0.05, 0) is 32.0 Å². The van der Waals surface area contributed by atoms with Crippen molar-refractivity contribution in [2.75, 3.05) is 16.0 Å². The van der Waals surface area contributed by atoms with Gasteiger partial charge in [0.15, 0.2) is 0 Å². The highest BCUT2D eigenvalue weighted by molar-refractivity contribution is 8.00. The highest BCUT2D eigenvalue weighted by Crippen LogP contribution is 2.33. The third-order valence-electron chi connectivity index (χ3n) is 4.64. The largest absolute Gasteiger partial charge is 0.324 e. The zero-order valence-corrected chi connectivity index (χ0v) is 16.5. The summed E-state index contributed by atoms with van der Waals surface area (Å²) in [5, 5.41) is 4.61. The summed E-state index contributed by atoms with van der Waals surface area (Å²) >= 11 is 1.40. The van der Waals surface area contributed by atoms with Gasteiger partial charge < -0.3 is 10.2 Å². The topological polar surface area (TPSA) is 75.2 Å². The predicted molar refractivity (Wildman–Crippen MR) is 112 cm³/mol. The Morgan fingerprint density at radius 3 is 2.79 bits per heavy atom. The standard InChI is InChI=1S/C21H20N4O2S/c1-13-11-19(26)24-17-9-5-6-10-18(17)25(13)20(27)12-28-21-15-7-3-4-8-16(15)22-14(2)23-21/h3-10,13H,11-12H2,1-2H3,(H,24,26). The number of nitrogens with one attached hydrogen (secondary N) is 1. The molecule has 28 heavy (non-hydrogen) atoms. The Labute approximate surface area is 167 Å². The van der Waals surface area contributed by atoms with E-state index in [1.165, 1.54) is 11.8 Å². The Balaban J connectivity index is 1.61. The number of nitrogens with zero attached hydrogens (tertiary/aromatic N) is 3. The number of carbonyl (C=O) groups excluding carboxylic acids is 2. The maximum absolute atomic E-state index is 13.1. The molecule has 1 N–H and O–H groups in total. The quantitative estimate of drug-likeness (QED) is 0.542. The van der Waals surface area contributed by atoms with E-state index in [0.29, 0.717) is 11.5 Å². The summed E-state index contributed by atoms with van der Waals surface area (Å²) in [4.78, 5) is 36.0. The van der Waals surface area contributed by atoms with Crippen LogP contribution >= 0.6 is 11.8 Å². The fraction of sp³-hybridized carbons (Fsp3) is 0.238. The van der Waals surface area contributed by atoms with Crippen molar-refractivity contribution in [3.05, 3.63) is 54.4 Å². The maximum Gasteiger partial charge on any atom is 0.237 e. The minimum Gasteiger partial charge on any atom is -0.324 e. The zero-order valence-electron chi connectivity index (χ0n) is 15.7. The fourth-order valence-corrected chi connectivity index (χ4v) is 4.36. The molecular formula is C21H20N4O2S. The van der Waals surface area contributed by atoms with E-state index < -0.39 is 0 Å². The number of rotatable bonds is 3. The van der Waals surface area contributed by atoms with Crippen LogP contribution < -0.4 is 10.2 Å². The van der Waals surface area contributed by atoms with Crippen molar-refractivity contribution in [1.82, 2.24) is 9.97 Å². The van der Waals surface area contributed by atoms with Gasteiger partial charge in [0.2, 0.25) is 11.8 Å². The van der Waals surface area contributed by atoms with Gasteiger partial charge in [-0.1, -0.05) is 42.1 Å². The van der Waals surface area contributed by atoms with Gasteiger partial charge in [-0.15, -0.1) is 0 Å². The van der Waals surface area contributed by atoms with Crippen LogP contribution in [-0.4, -0.2) is 33.6 Å². The van der Waals surface area contributed by atoms with E-state index >= 15 is 0 Å². The van der Waals surface area contributed by atoms with Crippen molar-refractivity contribution >= 4 is 45.9 Å². The molecule has 0 aliphatic carbocycles. The van der Waals surface area contributed by atoms with Crippen LogP contribution in [0.5, 0.6) is 0 Å². The molecule has 0 saturated carbocycles. The van der Waals surface area contributed by atoms with Crippen molar-refractivity contribution in [1.29, 1.82) is 0 Å². The second-order valence-corrected chi connectivity index (χ2v) is 7.73. The number of para-hydroxylation sites is 3. The first-order valence-corrected chi connectivity index (χ1v) is 10.1. The van der Waals surface area contributed by atoms with E-state index in [1.54, 1.807) is 4.90 Å². The Morgan fingerprint density at radius 2 is 1.93 bits per heavy atom. The van der Waals surface area contributed by atoms with Gasteiger partial charge in [0.25, 0.3) is 0 Å². The smallest absolute Gasteiger partial charge is 0.237 e. The lowest BCUT2D eigenvalue weighted by Gasteiger charge is -2.27. The molecule has 2 amide bonds. The number of carbonyl (C=O) groups is 2. The number of fused-ring (bicyclic) bond motifs is 2. The molecule has 0 saturated heterocycles. The number of aryl methyl sites for hydroxylation is 1. The molecule has 3 aromatic rings. The van der Waals surface area contributed by atoms with E-state index in [0.717, 1.165) is 21.6 Å². The summed E-state index contributed by atoms with van der Waals surface area (Å²) in [6, 6.07) is 15.0. The second kappa shape index (κ2) is 7.59. The van der Waals surface area contributed by atoms with Crippen LogP contribution in [0.4, 0.5) is 11.4 Å². The first-order valence-electron chi connectivity index (χ1n) is 9.10. The first kappa shape index (κ1) is 18.4. The van der Waals surface area contributed by atoms with Gasteiger partial charge in [-0.25, -0.2) is 9.97 Å². The highest BCUT2D eigenvalue weighted by Gasteiger charge is 2.29. The molecule has 1 aromatic heterocycles. The Kier molecular flexibility index (Phi) is 5.00. The lowest BCUT2D eigenvalue weighted by atomic mass is 10.2. The summed E-state index contributed by atoms with van der Waals surface area (Å²) in [7, 11) is 0. The van der Waals surface area contributed by atoms with Crippen molar-refractivity contribution < 1.29 is 9.59 Å². The molecule has 1 aliphatic heterocycles. The van der Waals surface area contributed by atoms with Crippen molar-refractivity contribution in [3.63, 3.8) is 0 Å². The summed E-state index contributed by atoms with van der Waals surface area (Å²) in [6.45, 7) is 3.75. The van der Waals surface area contributed by atoms with Crippen LogP contribution in [0.1, 0.15) is 19.2 Å². The number of anilines is 2. The Morgan fingerprint density at radius 1 is 1.18 bits per heavy atom. The van der Waals surface area contributed by atoms with Gasteiger partial charge in [0.05, 0.1) is 22.6 Å². The zero-order chi connectivity index (χ0) is 19.7. The average molecular weight is 392 g/mol. The van der Waals surface area contributed by atoms with Crippen molar-refractivity contribution in [3.8, 4) is 0 Å². The minimum atomic E-state index is -0.222. The SMILES string of the molecule is Cc1nc(SCC(=O)N2c3ccccc3NC(=O)CC2C)c2ccccc2n1. The summed E-state index contributed by atoms with van der Waals surface area (Å²) in [5.74, 6) is 0.770. The lowest BCUT2D eigenvalue weighted by molar-refractivity contribution is -0.117. The summed E-state index contributed by atoms with van der Waals surface area (Å²) < 4.78 is 0. The Hall–Kier alpha value is -2.93. The van der Waals surface area contributed by atoms with Gasteiger partial charge >= 0.3 is 0 Å². The van der Waals surface area contributed by atoms with E-state index in [-0.39, 0.29) is 30.0 Å². The van der Waals surface area contributed by atoms with E-state index in [4.69, 9.17) is 0 Å². The monoisotopic (exact) mass is 392 g/mol. The molecule has 6 nitrogen and oxygen atoms in total. The molecule has 0 fully saturated rings. The summed E-state index contributed by atoms with van der Waals surface area (Å²) in [6.07, 6.45) is 0.265. The molecule has 0 spiro atoms. The molecule has 0 radical (unpaired) electrons. The normalized spacial score (nSPS) is 16.4. The predicted octanol–water partition coefficient (Wildman–Crippen LogP) is 3.79. The van der Waals surface area contributed by atoms with Crippen molar-refractivity contribution in [2.24, 2.45) is 0 Å². The maximum atomic E-state index is 13.1. The lowest BCUT2D eigenvalue weighted by Crippen LogP contribution is -2.40.